The lowest BCUT2D eigenvalue weighted by atomic mass is 10.1. The van der Waals surface area contributed by atoms with Gasteiger partial charge in [-0.3, -0.25) is 0 Å². The fourth-order valence-electron chi connectivity index (χ4n) is 4.59. The monoisotopic (exact) mass is 556 g/mol. The van der Waals surface area contributed by atoms with Crippen LogP contribution < -0.4 is 0 Å². The van der Waals surface area contributed by atoms with E-state index in [1.165, 1.54) is 69.9 Å². The van der Waals surface area contributed by atoms with E-state index in [1.807, 2.05) is 0 Å². The Morgan fingerprint density at radius 2 is 0.794 bits per heavy atom. The molecule has 0 saturated carbocycles. The lowest BCUT2D eigenvalue weighted by Gasteiger charge is -2.39. The van der Waals surface area contributed by atoms with Crippen molar-refractivity contribution in [1.82, 2.24) is 0 Å². The van der Waals surface area contributed by atoms with Crippen LogP contribution in [0, 0.1) is 0 Å². The first-order valence-corrected chi connectivity index (χ1v) is 23.9. The quantitative estimate of drug-likeness (QED) is 0.104. The average Bonchev–Trinajstić information content (AvgIpc) is 2.69. The van der Waals surface area contributed by atoms with Crippen LogP contribution in [0.4, 0.5) is 0 Å². The SMILES string of the molecule is C.C.CCCCCCCC[Si](C)(C)O[Si](C)(C)O[Si](C)(C)CCCCCC[Si](OC)(OC)OC. The molecule has 0 radical (unpaired) electrons. The molecule has 0 fully saturated rings. The van der Waals surface area contributed by atoms with Crippen molar-refractivity contribution in [2.45, 2.75) is 143 Å². The maximum atomic E-state index is 6.77. The molecule has 0 amide bonds. The van der Waals surface area contributed by atoms with Gasteiger partial charge in [0.1, 0.15) is 0 Å². The van der Waals surface area contributed by atoms with Crippen LogP contribution in [0.1, 0.15) is 86.0 Å². The van der Waals surface area contributed by atoms with Gasteiger partial charge in [0, 0.05) is 27.4 Å². The van der Waals surface area contributed by atoms with Crippen molar-refractivity contribution in [2.75, 3.05) is 21.3 Å². The highest BCUT2D eigenvalue weighted by molar-refractivity contribution is 6.87. The Morgan fingerprint density at radius 3 is 1.15 bits per heavy atom. The van der Waals surface area contributed by atoms with E-state index in [1.54, 1.807) is 21.3 Å². The number of unbranched alkanes of at least 4 members (excludes halogenated alkanes) is 8. The summed E-state index contributed by atoms with van der Waals surface area (Å²) in [4.78, 5) is 0. The molecule has 0 aromatic carbocycles. The predicted octanol–water partition coefficient (Wildman–Crippen LogP) is 9.20. The van der Waals surface area contributed by atoms with E-state index in [0.717, 1.165) is 12.5 Å². The lowest BCUT2D eigenvalue weighted by Crippen LogP contribution is -2.52. The molecule has 0 unspecified atom stereocenters. The highest BCUT2D eigenvalue weighted by atomic mass is 28.5. The third-order valence-electron chi connectivity index (χ3n) is 6.12. The highest BCUT2D eigenvalue weighted by Gasteiger charge is 2.39. The van der Waals surface area contributed by atoms with Crippen molar-refractivity contribution < 1.29 is 21.5 Å². The van der Waals surface area contributed by atoms with E-state index in [9.17, 15) is 0 Å². The van der Waals surface area contributed by atoms with Crippen LogP contribution in [0.3, 0.4) is 0 Å². The van der Waals surface area contributed by atoms with E-state index in [0.29, 0.717) is 0 Å². The standard InChI is InChI=1S/C23H56O5Si4.2CH4/c1-11-12-13-14-15-18-21-29(5,6)27-31(9,10)28-30(7,8)22-19-16-17-20-23-32(24-2,25-3)26-4;;/h11-23H2,1-10H3;2*1H4. The molecule has 0 saturated heterocycles. The topological polar surface area (TPSA) is 46.2 Å². The third kappa shape index (κ3) is 18.9. The van der Waals surface area contributed by atoms with Crippen molar-refractivity contribution in [3.05, 3.63) is 0 Å². The summed E-state index contributed by atoms with van der Waals surface area (Å²) in [6.07, 6.45) is 12.8. The summed E-state index contributed by atoms with van der Waals surface area (Å²) in [6, 6.07) is 3.35. The zero-order chi connectivity index (χ0) is 24.7. The molecule has 0 heterocycles. The number of hydrogen-bond acceptors (Lipinski definition) is 5. The molecule has 9 heteroatoms. The van der Waals surface area contributed by atoms with Crippen LogP contribution in [0.15, 0.2) is 0 Å². The minimum absolute atomic E-state index is 0. The van der Waals surface area contributed by atoms with Gasteiger partial charge in [0.2, 0.25) is 0 Å². The Bertz CT molecular complexity index is 464. The highest BCUT2D eigenvalue weighted by Crippen LogP contribution is 2.27. The molecule has 210 valence electrons. The van der Waals surface area contributed by atoms with E-state index < -0.39 is 34.0 Å². The molecule has 0 N–H and O–H groups in total. The second-order valence-corrected chi connectivity index (χ2v) is 26.4. The van der Waals surface area contributed by atoms with Gasteiger partial charge in [0.05, 0.1) is 0 Å². The number of rotatable bonds is 21. The van der Waals surface area contributed by atoms with Gasteiger partial charge < -0.3 is 21.5 Å². The average molecular weight is 557 g/mol. The smallest absolute Gasteiger partial charge is 0.437 e. The summed E-state index contributed by atoms with van der Waals surface area (Å²) < 4.78 is 30.1. The third-order valence-corrected chi connectivity index (χ3v) is 20.4. The first kappa shape index (κ1) is 39.2. The zero-order valence-corrected chi connectivity index (χ0v) is 27.2. The van der Waals surface area contributed by atoms with Crippen LogP contribution in [0.2, 0.25) is 57.4 Å². The van der Waals surface area contributed by atoms with Crippen molar-refractivity contribution in [1.29, 1.82) is 0 Å². The summed E-state index contributed by atoms with van der Waals surface area (Å²) in [6.45, 7) is 16.3. The second-order valence-electron chi connectivity index (χ2n) is 10.9. The van der Waals surface area contributed by atoms with E-state index >= 15 is 0 Å². The maximum absolute atomic E-state index is 6.77. The Balaban J connectivity index is -0.00000480. The molecule has 0 aromatic rings. The van der Waals surface area contributed by atoms with Gasteiger partial charge in [-0.1, -0.05) is 79.6 Å². The fourth-order valence-corrected chi connectivity index (χ4v) is 20.6. The minimum atomic E-state index is -2.41. The van der Waals surface area contributed by atoms with E-state index in [-0.39, 0.29) is 14.9 Å². The van der Waals surface area contributed by atoms with Crippen LogP contribution in [0.5, 0.6) is 0 Å². The van der Waals surface area contributed by atoms with Gasteiger partial charge in [-0.25, -0.2) is 0 Å². The van der Waals surface area contributed by atoms with E-state index in [2.05, 4.69) is 46.2 Å². The van der Waals surface area contributed by atoms with Crippen molar-refractivity contribution >= 4 is 34.0 Å². The molecule has 0 aliphatic carbocycles. The van der Waals surface area contributed by atoms with Gasteiger partial charge in [0.25, 0.3) is 0 Å². The molecule has 5 nitrogen and oxygen atoms in total. The molecule has 34 heavy (non-hydrogen) atoms. The van der Waals surface area contributed by atoms with Crippen LogP contribution in [-0.4, -0.2) is 55.3 Å². The first-order chi connectivity index (χ1) is 14.9. The number of hydrogen-bond donors (Lipinski definition) is 0. The van der Waals surface area contributed by atoms with Crippen LogP contribution in [0.25, 0.3) is 0 Å². The van der Waals surface area contributed by atoms with Crippen LogP contribution >= 0.6 is 0 Å². The minimum Gasteiger partial charge on any atom is -0.437 e. The largest absolute Gasteiger partial charge is 0.500 e. The maximum Gasteiger partial charge on any atom is 0.500 e. The fraction of sp³-hybridized carbons (Fsp3) is 1.00. The molecule has 0 atom stereocenters. The summed E-state index contributed by atoms with van der Waals surface area (Å²) in [5, 5.41) is 0. The second kappa shape index (κ2) is 19.7. The van der Waals surface area contributed by atoms with Crippen molar-refractivity contribution in [3.8, 4) is 0 Å². The Kier molecular flexibility index (Phi) is 22.7. The molecule has 0 aliphatic rings. The summed E-state index contributed by atoms with van der Waals surface area (Å²) in [5.74, 6) is 0. The zero-order valence-electron chi connectivity index (χ0n) is 23.2. The van der Waals surface area contributed by atoms with Gasteiger partial charge in [-0.15, -0.1) is 0 Å². The normalized spacial score (nSPS) is 12.9. The molecule has 0 aromatic heterocycles. The van der Waals surface area contributed by atoms with Crippen molar-refractivity contribution in [2.24, 2.45) is 0 Å². The summed E-state index contributed by atoms with van der Waals surface area (Å²) >= 11 is 0. The predicted molar refractivity (Wildman–Crippen MR) is 161 cm³/mol. The molecule has 0 rings (SSSR count). The van der Waals surface area contributed by atoms with Gasteiger partial charge in [0.15, 0.2) is 16.6 Å². The molecule has 0 aliphatic heterocycles. The van der Waals surface area contributed by atoms with Gasteiger partial charge in [-0.05, 0) is 57.8 Å². The molecular weight excluding hydrogens is 493 g/mol. The van der Waals surface area contributed by atoms with Gasteiger partial charge in [-0.2, -0.15) is 0 Å². The summed E-state index contributed by atoms with van der Waals surface area (Å²) in [5.41, 5.74) is 0. The van der Waals surface area contributed by atoms with Gasteiger partial charge >= 0.3 is 17.4 Å². The Labute approximate surface area is 219 Å². The van der Waals surface area contributed by atoms with Crippen molar-refractivity contribution in [3.63, 3.8) is 0 Å². The lowest BCUT2D eigenvalue weighted by molar-refractivity contribution is 0.122. The Morgan fingerprint density at radius 1 is 0.471 bits per heavy atom. The molecule has 0 bridgehead atoms. The summed E-state index contributed by atoms with van der Waals surface area (Å²) in [7, 11) is -2.80. The Hall–Kier alpha value is 0.668. The van der Waals surface area contributed by atoms with Crippen LogP contribution in [-0.2, 0) is 21.5 Å². The molecular formula is C25H64O5Si4. The van der Waals surface area contributed by atoms with E-state index in [4.69, 9.17) is 21.5 Å². The first-order valence-electron chi connectivity index (χ1n) is 12.9. The molecule has 0 spiro atoms.